The summed E-state index contributed by atoms with van der Waals surface area (Å²) in [5.74, 6) is 0.638. The van der Waals surface area contributed by atoms with E-state index in [1.54, 1.807) is 12.4 Å². The fraction of sp³-hybridized carbons (Fsp3) is 0.571. The van der Waals surface area contributed by atoms with Crippen molar-refractivity contribution in [1.29, 1.82) is 0 Å². The number of hydrogen-bond acceptors (Lipinski definition) is 3. The van der Waals surface area contributed by atoms with Crippen LogP contribution in [0.2, 0.25) is 0 Å². The zero-order valence-corrected chi connectivity index (χ0v) is 10.9. The Morgan fingerprint density at radius 3 is 2.94 bits per heavy atom. The normalized spacial score (nSPS) is 15.6. The number of amides is 1. The number of pyridine rings is 1. The second-order valence-electron chi connectivity index (χ2n) is 4.81. The van der Waals surface area contributed by atoms with Crippen molar-refractivity contribution in [3.8, 4) is 0 Å². The summed E-state index contributed by atoms with van der Waals surface area (Å²) < 4.78 is 0. The van der Waals surface area contributed by atoms with Gasteiger partial charge in [0, 0.05) is 25.5 Å². The van der Waals surface area contributed by atoms with Crippen LogP contribution in [0.1, 0.15) is 43.0 Å². The summed E-state index contributed by atoms with van der Waals surface area (Å²) in [7, 11) is 0. The summed E-state index contributed by atoms with van der Waals surface area (Å²) >= 11 is 0. The van der Waals surface area contributed by atoms with Crippen LogP contribution in [0.25, 0.3) is 0 Å². The molecule has 1 heterocycles. The Morgan fingerprint density at radius 1 is 1.44 bits per heavy atom. The Labute approximate surface area is 108 Å². The minimum Gasteiger partial charge on any atom is -0.385 e. The molecule has 1 amide bonds. The van der Waals surface area contributed by atoms with Gasteiger partial charge in [-0.3, -0.25) is 9.78 Å². The molecule has 0 unspecified atom stereocenters. The molecule has 98 valence electrons. The summed E-state index contributed by atoms with van der Waals surface area (Å²) in [6.07, 6.45) is 8.42. The predicted octanol–water partition coefficient (Wildman–Crippen LogP) is 2.43. The molecule has 0 bridgehead atoms. The third kappa shape index (κ3) is 3.22. The van der Waals surface area contributed by atoms with E-state index in [-0.39, 0.29) is 5.91 Å². The molecule has 1 aromatic heterocycles. The van der Waals surface area contributed by atoms with Gasteiger partial charge in [0.25, 0.3) is 5.91 Å². The molecule has 18 heavy (non-hydrogen) atoms. The molecule has 4 heteroatoms. The van der Waals surface area contributed by atoms with E-state index in [9.17, 15) is 4.79 Å². The third-order valence-corrected chi connectivity index (χ3v) is 3.46. The highest BCUT2D eigenvalue weighted by Gasteiger charge is 2.17. The first-order valence-electron chi connectivity index (χ1n) is 6.77. The van der Waals surface area contributed by atoms with Crippen LogP contribution < -0.4 is 10.6 Å². The monoisotopic (exact) mass is 247 g/mol. The zero-order valence-electron chi connectivity index (χ0n) is 10.9. The van der Waals surface area contributed by atoms with E-state index < -0.39 is 0 Å². The van der Waals surface area contributed by atoms with Crippen molar-refractivity contribution < 1.29 is 4.79 Å². The number of rotatable bonds is 5. The predicted molar refractivity (Wildman–Crippen MR) is 72.7 cm³/mol. The van der Waals surface area contributed by atoms with Crippen LogP contribution in [0.3, 0.4) is 0 Å². The first-order chi connectivity index (χ1) is 8.81. The van der Waals surface area contributed by atoms with Crippen molar-refractivity contribution >= 4 is 11.6 Å². The highest BCUT2D eigenvalue weighted by molar-refractivity contribution is 5.99. The second-order valence-corrected chi connectivity index (χ2v) is 4.81. The molecule has 0 saturated heterocycles. The van der Waals surface area contributed by atoms with Crippen molar-refractivity contribution in [2.45, 2.75) is 32.6 Å². The quantitative estimate of drug-likeness (QED) is 0.840. The highest BCUT2D eigenvalue weighted by atomic mass is 16.1. The fourth-order valence-electron chi connectivity index (χ4n) is 2.47. The number of nitrogens with zero attached hydrogens (tertiary/aromatic N) is 1. The van der Waals surface area contributed by atoms with Gasteiger partial charge in [0.1, 0.15) is 0 Å². The van der Waals surface area contributed by atoms with Crippen LogP contribution in [0.4, 0.5) is 5.69 Å². The summed E-state index contributed by atoms with van der Waals surface area (Å²) in [5.41, 5.74) is 1.49. The molecule has 0 aliphatic heterocycles. The minimum absolute atomic E-state index is 0.0223. The minimum atomic E-state index is -0.0223. The van der Waals surface area contributed by atoms with E-state index in [2.05, 4.69) is 15.6 Å². The molecule has 1 fully saturated rings. The largest absolute Gasteiger partial charge is 0.385 e. The number of anilines is 1. The van der Waals surface area contributed by atoms with E-state index in [1.807, 2.05) is 13.0 Å². The van der Waals surface area contributed by atoms with Gasteiger partial charge in [-0.2, -0.15) is 0 Å². The van der Waals surface area contributed by atoms with Crippen LogP contribution in [0.5, 0.6) is 0 Å². The molecule has 0 atom stereocenters. The van der Waals surface area contributed by atoms with Gasteiger partial charge in [-0.1, -0.05) is 12.8 Å². The number of aromatic nitrogens is 1. The maximum atomic E-state index is 12.1. The van der Waals surface area contributed by atoms with E-state index >= 15 is 0 Å². The smallest absolute Gasteiger partial charge is 0.254 e. The Morgan fingerprint density at radius 2 is 2.22 bits per heavy atom. The Bertz CT molecular complexity index is 400. The van der Waals surface area contributed by atoms with Crippen LogP contribution in [-0.4, -0.2) is 24.0 Å². The molecule has 1 aromatic rings. The summed E-state index contributed by atoms with van der Waals surface area (Å²) in [6.45, 7) is 3.60. The lowest BCUT2D eigenvalue weighted by Gasteiger charge is -2.13. The SMILES string of the molecule is CCNc1ccncc1C(=O)NCC1CCCC1. The van der Waals surface area contributed by atoms with E-state index in [1.165, 1.54) is 25.7 Å². The Balaban J connectivity index is 1.94. The van der Waals surface area contributed by atoms with Crippen LogP contribution in [0, 0.1) is 5.92 Å². The topological polar surface area (TPSA) is 54.0 Å². The van der Waals surface area contributed by atoms with Gasteiger partial charge in [-0.05, 0) is 31.7 Å². The molecule has 1 aliphatic rings. The molecular formula is C14H21N3O. The molecule has 0 spiro atoms. The number of carbonyl (C=O) groups is 1. The summed E-state index contributed by atoms with van der Waals surface area (Å²) in [5, 5.41) is 6.20. The van der Waals surface area contributed by atoms with E-state index in [0.29, 0.717) is 11.5 Å². The van der Waals surface area contributed by atoms with Crippen LogP contribution >= 0.6 is 0 Å². The first kappa shape index (κ1) is 12.9. The lowest BCUT2D eigenvalue weighted by Crippen LogP contribution is -2.29. The summed E-state index contributed by atoms with van der Waals surface area (Å²) in [4.78, 5) is 16.1. The maximum Gasteiger partial charge on any atom is 0.254 e. The lowest BCUT2D eigenvalue weighted by atomic mass is 10.1. The number of carbonyl (C=O) groups excluding carboxylic acids is 1. The molecule has 1 aliphatic carbocycles. The fourth-order valence-corrected chi connectivity index (χ4v) is 2.47. The first-order valence-corrected chi connectivity index (χ1v) is 6.77. The average molecular weight is 247 g/mol. The number of nitrogens with one attached hydrogen (secondary N) is 2. The molecule has 1 saturated carbocycles. The average Bonchev–Trinajstić information content (AvgIpc) is 2.90. The van der Waals surface area contributed by atoms with Crippen LogP contribution in [0.15, 0.2) is 18.5 Å². The molecule has 2 N–H and O–H groups in total. The number of hydrogen-bond donors (Lipinski definition) is 2. The van der Waals surface area contributed by atoms with Gasteiger partial charge in [0.15, 0.2) is 0 Å². The van der Waals surface area contributed by atoms with Crippen molar-refractivity contribution in [3.63, 3.8) is 0 Å². The van der Waals surface area contributed by atoms with Crippen LogP contribution in [-0.2, 0) is 0 Å². The zero-order chi connectivity index (χ0) is 12.8. The van der Waals surface area contributed by atoms with E-state index in [4.69, 9.17) is 0 Å². The van der Waals surface area contributed by atoms with E-state index in [0.717, 1.165) is 18.8 Å². The van der Waals surface area contributed by atoms with Gasteiger partial charge < -0.3 is 10.6 Å². The lowest BCUT2D eigenvalue weighted by molar-refractivity contribution is 0.0948. The van der Waals surface area contributed by atoms with Gasteiger partial charge in [-0.25, -0.2) is 0 Å². The van der Waals surface area contributed by atoms with Gasteiger partial charge in [0.05, 0.1) is 11.3 Å². The standard InChI is InChI=1S/C14H21N3O/c1-2-16-13-7-8-15-10-12(13)14(18)17-9-11-5-3-4-6-11/h7-8,10-11H,2-6,9H2,1H3,(H,15,16)(H,17,18). The van der Waals surface area contributed by atoms with Crippen molar-refractivity contribution in [2.24, 2.45) is 5.92 Å². The Hall–Kier alpha value is -1.58. The van der Waals surface area contributed by atoms with Crippen molar-refractivity contribution in [2.75, 3.05) is 18.4 Å². The van der Waals surface area contributed by atoms with Gasteiger partial charge >= 0.3 is 0 Å². The summed E-state index contributed by atoms with van der Waals surface area (Å²) in [6, 6.07) is 1.84. The molecular weight excluding hydrogens is 226 g/mol. The molecule has 4 nitrogen and oxygen atoms in total. The van der Waals surface area contributed by atoms with Gasteiger partial charge in [-0.15, -0.1) is 0 Å². The maximum absolute atomic E-state index is 12.1. The Kier molecular flexibility index (Phi) is 4.56. The molecule has 0 aromatic carbocycles. The second kappa shape index (κ2) is 6.38. The third-order valence-electron chi connectivity index (χ3n) is 3.46. The van der Waals surface area contributed by atoms with Crippen molar-refractivity contribution in [3.05, 3.63) is 24.0 Å². The van der Waals surface area contributed by atoms with Crippen molar-refractivity contribution in [1.82, 2.24) is 10.3 Å². The highest BCUT2D eigenvalue weighted by Crippen LogP contribution is 2.24. The van der Waals surface area contributed by atoms with Gasteiger partial charge in [0.2, 0.25) is 0 Å². The molecule has 2 rings (SSSR count). The molecule has 0 radical (unpaired) electrons.